The highest BCUT2D eigenvalue weighted by atomic mass is 32.1. The van der Waals surface area contributed by atoms with Crippen LogP contribution in [0.5, 0.6) is 17.2 Å². The Kier molecular flexibility index (Phi) is 6.66. The van der Waals surface area contributed by atoms with Gasteiger partial charge in [0.15, 0.2) is 11.5 Å². The molecule has 1 N–H and O–H groups in total. The van der Waals surface area contributed by atoms with Gasteiger partial charge in [0, 0.05) is 12.1 Å². The van der Waals surface area contributed by atoms with E-state index in [1.807, 2.05) is 19.5 Å². The van der Waals surface area contributed by atoms with Crippen LogP contribution in [0.25, 0.3) is 0 Å². The van der Waals surface area contributed by atoms with Crippen LogP contribution in [0, 0.1) is 0 Å². The first-order valence-electron chi connectivity index (χ1n) is 7.78. The number of carbonyl (C=O) groups excluding carboxylic acids is 1. The molecule has 0 spiro atoms. The van der Waals surface area contributed by atoms with Gasteiger partial charge in [0.05, 0.1) is 27.4 Å². The molecule has 1 aromatic carbocycles. The predicted octanol–water partition coefficient (Wildman–Crippen LogP) is 2.81. The Labute approximate surface area is 152 Å². The van der Waals surface area contributed by atoms with E-state index in [9.17, 15) is 4.79 Å². The molecule has 0 fully saturated rings. The third kappa shape index (κ3) is 4.43. The molecule has 2 aromatic rings. The highest BCUT2D eigenvalue weighted by Gasteiger charge is 2.19. The van der Waals surface area contributed by atoms with E-state index in [0.29, 0.717) is 29.4 Å². The van der Waals surface area contributed by atoms with Crippen molar-refractivity contribution >= 4 is 17.2 Å². The van der Waals surface area contributed by atoms with Gasteiger partial charge in [-0.15, -0.1) is 0 Å². The lowest BCUT2D eigenvalue weighted by Gasteiger charge is -2.24. The van der Waals surface area contributed by atoms with E-state index in [1.165, 1.54) is 26.9 Å². The molecule has 1 amide bonds. The van der Waals surface area contributed by atoms with Crippen molar-refractivity contribution in [2.24, 2.45) is 0 Å². The molecular formula is C18H24N2O4S. The highest BCUT2D eigenvalue weighted by molar-refractivity contribution is 7.07. The summed E-state index contributed by atoms with van der Waals surface area (Å²) in [5.41, 5.74) is 1.64. The summed E-state index contributed by atoms with van der Waals surface area (Å²) in [5.74, 6) is 1.18. The molecule has 0 aliphatic carbocycles. The van der Waals surface area contributed by atoms with Crippen molar-refractivity contribution in [3.63, 3.8) is 0 Å². The minimum Gasteiger partial charge on any atom is -0.493 e. The van der Waals surface area contributed by atoms with Gasteiger partial charge in [-0.05, 0) is 48.6 Å². The molecule has 0 aliphatic rings. The fourth-order valence-corrected chi connectivity index (χ4v) is 3.27. The summed E-state index contributed by atoms with van der Waals surface area (Å²) in [7, 11) is 8.57. The molecule has 2 rings (SSSR count). The van der Waals surface area contributed by atoms with Crippen LogP contribution in [0.1, 0.15) is 22.0 Å². The number of likely N-dealkylation sites (N-methyl/N-ethyl adjacent to an activating group) is 1. The van der Waals surface area contributed by atoms with Gasteiger partial charge >= 0.3 is 0 Å². The van der Waals surface area contributed by atoms with Gasteiger partial charge in [-0.2, -0.15) is 11.3 Å². The largest absolute Gasteiger partial charge is 0.493 e. The van der Waals surface area contributed by atoms with Crippen molar-refractivity contribution in [1.82, 2.24) is 10.2 Å². The normalized spacial score (nSPS) is 11.9. The van der Waals surface area contributed by atoms with E-state index in [4.69, 9.17) is 14.2 Å². The van der Waals surface area contributed by atoms with Crippen molar-refractivity contribution in [3.8, 4) is 17.2 Å². The summed E-state index contributed by atoms with van der Waals surface area (Å²) < 4.78 is 15.9. The topological polar surface area (TPSA) is 60.0 Å². The van der Waals surface area contributed by atoms with Gasteiger partial charge in [0.2, 0.25) is 5.75 Å². The quantitative estimate of drug-likeness (QED) is 0.780. The lowest BCUT2D eigenvalue weighted by atomic mass is 10.1. The molecule has 25 heavy (non-hydrogen) atoms. The van der Waals surface area contributed by atoms with Crippen LogP contribution >= 0.6 is 11.3 Å². The maximum Gasteiger partial charge on any atom is 0.251 e. The van der Waals surface area contributed by atoms with Gasteiger partial charge in [0.25, 0.3) is 5.91 Å². The number of hydrogen-bond donors (Lipinski definition) is 1. The molecule has 136 valence electrons. The van der Waals surface area contributed by atoms with Gasteiger partial charge < -0.3 is 24.4 Å². The maximum atomic E-state index is 12.6. The standard InChI is InChI=1S/C18H24N2O4S/c1-20(2)14(12-6-7-25-11-12)10-19-18(21)13-8-15(22-3)17(24-5)16(9-13)23-4/h6-9,11,14H,10H2,1-5H3,(H,19,21). The molecule has 0 saturated carbocycles. The van der Waals surface area contributed by atoms with E-state index in [2.05, 4.69) is 21.7 Å². The van der Waals surface area contributed by atoms with Crippen LogP contribution in [-0.2, 0) is 0 Å². The number of hydrogen-bond acceptors (Lipinski definition) is 6. The van der Waals surface area contributed by atoms with Crippen LogP contribution in [0.4, 0.5) is 0 Å². The Hall–Kier alpha value is -2.25. The first-order valence-corrected chi connectivity index (χ1v) is 8.72. The molecule has 1 atom stereocenters. The van der Waals surface area contributed by atoms with Crippen LogP contribution in [0.3, 0.4) is 0 Å². The van der Waals surface area contributed by atoms with Crippen molar-refractivity contribution in [2.75, 3.05) is 42.0 Å². The SMILES string of the molecule is COc1cc(C(=O)NCC(c2ccsc2)N(C)C)cc(OC)c1OC. The first-order chi connectivity index (χ1) is 12.0. The second kappa shape index (κ2) is 8.73. The Morgan fingerprint density at radius 1 is 1.16 bits per heavy atom. The van der Waals surface area contributed by atoms with Crippen molar-refractivity contribution in [1.29, 1.82) is 0 Å². The Balaban J connectivity index is 2.17. The van der Waals surface area contributed by atoms with Crippen LogP contribution < -0.4 is 19.5 Å². The molecule has 1 heterocycles. The predicted molar refractivity (Wildman–Crippen MR) is 99.2 cm³/mol. The van der Waals surface area contributed by atoms with E-state index >= 15 is 0 Å². The fourth-order valence-electron chi connectivity index (χ4n) is 2.57. The molecule has 0 bridgehead atoms. The zero-order valence-corrected chi connectivity index (χ0v) is 16.0. The number of nitrogens with one attached hydrogen (secondary N) is 1. The zero-order valence-electron chi connectivity index (χ0n) is 15.2. The Morgan fingerprint density at radius 3 is 2.24 bits per heavy atom. The van der Waals surface area contributed by atoms with Crippen molar-refractivity contribution in [3.05, 3.63) is 40.1 Å². The van der Waals surface area contributed by atoms with E-state index in [-0.39, 0.29) is 11.9 Å². The number of benzene rings is 1. The number of methoxy groups -OCH3 is 3. The lowest BCUT2D eigenvalue weighted by molar-refractivity contribution is 0.0941. The van der Waals surface area contributed by atoms with Gasteiger partial charge in [0.1, 0.15) is 0 Å². The van der Waals surface area contributed by atoms with E-state index in [1.54, 1.807) is 23.5 Å². The third-order valence-electron chi connectivity index (χ3n) is 3.93. The van der Waals surface area contributed by atoms with E-state index < -0.39 is 0 Å². The monoisotopic (exact) mass is 364 g/mol. The second-order valence-corrected chi connectivity index (χ2v) is 6.44. The van der Waals surface area contributed by atoms with Crippen LogP contribution in [-0.4, -0.2) is 52.8 Å². The van der Waals surface area contributed by atoms with Gasteiger partial charge in [-0.25, -0.2) is 0 Å². The lowest BCUT2D eigenvalue weighted by Crippen LogP contribution is -2.34. The molecule has 7 heteroatoms. The minimum absolute atomic E-state index is 0.109. The molecule has 0 saturated heterocycles. The number of amides is 1. The van der Waals surface area contributed by atoms with Crippen molar-refractivity contribution < 1.29 is 19.0 Å². The zero-order chi connectivity index (χ0) is 18.4. The van der Waals surface area contributed by atoms with Crippen LogP contribution in [0.2, 0.25) is 0 Å². The van der Waals surface area contributed by atoms with Gasteiger partial charge in [-0.3, -0.25) is 4.79 Å². The third-order valence-corrected chi connectivity index (χ3v) is 4.64. The van der Waals surface area contributed by atoms with E-state index in [0.717, 1.165) is 0 Å². The minimum atomic E-state index is -0.193. The number of nitrogens with zero attached hydrogens (tertiary/aromatic N) is 1. The second-order valence-electron chi connectivity index (χ2n) is 5.66. The van der Waals surface area contributed by atoms with Crippen LogP contribution in [0.15, 0.2) is 29.0 Å². The Bertz CT molecular complexity index is 676. The average molecular weight is 364 g/mol. The number of thiophene rings is 1. The molecule has 0 aliphatic heterocycles. The van der Waals surface area contributed by atoms with Gasteiger partial charge in [-0.1, -0.05) is 0 Å². The fraction of sp³-hybridized carbons (Fsp3) is 0.389. The smallest absolute Gasteiger partial charge is 0.251 e. The molecule has 0 radical (unpaired) electrons. The molecule has 1 unspecified atom stereocenters. The Morgan fingerprint density at radius 2 is 1.80 bits per heavy atom. The summed E-state index contributed by atoms with van der Waals surface area (Å²) in [6.45, 7) is 0.499. The molecular weight excluding hydrogens is 340 g/mol. The highest BCUT2D eigenvalue weighted by Crippen LogP contribution is 2.38. The maximum absolute atomic E-state index is 12.6. The number of rotatable bonds is 8. The molecule has 6 nitrogen and oxygen atoms in total. The summed E-state index contributed by atoms with van der Waals surface area (Å²) >= 11 is 1.64. The number of carbonyl (C=O) groups is 1. The summed E-state index contributed by atoms with van der Waals surface area (Å²) in [4.78, 5) is 14.7. The van der Waals surface area contributed by atoms with Crippen molar-refractivity contribution in [2.45, 2.75) is 6.04 Å². The summed E-state index contributed by atoms with van der Waals surface area (Å²) in [6.07, 6.45) is 0. The number of ether oxygens (including phenoxy) is 3. The summed E-state index contributed by atoms with van der Waals surface area (Å²) in [5, 5.41) is 7.11. The summed E-state index contributed by atoms with van der Waals surface area (Å²) in [6, 6.07) is 5.47. The average Bonchev–Trinajstić information content (AvgIpc) is 3.14. The molecule has 1 aromatic heterocycles. The first kappa shape index (κ1) is 19.1.